The van der Waals surface area contributed by atoms with Gasteiger partial charge in [0.1, 0.15) is 5.82 Å². The van der Waals surface area contributed by atoms with Gasteiger partial charge in [0.2, 0.25) is 11.8 Å². The molecule has 3 N–H and O–H groups in total. The van der Waals surface area contributed by atoms with Crippen LogP contribution in [0.5, 0.6) is 0 Å². The van der Waals surface area contributed by atoms with Crippen LogP contribution in [0.25, 0.3) is 0 Å². The summed E-state index contributed by atoms with van der Waals surface area (Å²) in [4.78, 5) is 22.9. The summed E-state index contributed by atoms with van der Waals surface area (Å²) in [5.74, 6) is 0.302. The molecule has 0 aliphatic rings. The van der Waals surface area contributed by atoms with Gasteiger partial charge in [-0.05, 0) is 19.1 Å². The zero-order valence-corrected chi connectivity index (χ0v) is 14.7. The molecule has 0 unspecified atom stereocenters. The van der Waals surface area contributed by atoms with Crippen LogP contribution in [0.1, 0.15) is 19.2 Å². The number of rotatable bonds is 8. The predicted octanol–water partition coefficient (Wildman–Crippen LogP) is 2.10. The molecule has 0 saturated heterocycles. The lowest BCUT2D eigenvalue weighted by Crippen LogP contribution is -2.15. The van der Waals surface area contributed by atoms with Gasteiger partial charge < -0.3 is 15.6 Å². The van der Waals surface area contributed by atoms with E-state index in [0.717, 1.165) is 0 Å². The van der Waals surface area contributed by atoms with Gasteiger partial charge >= 0.3 is 0 Å². The van der Waals surface area contributed by atoms with Crippen molar-refractivity contribution in [1.82, 2.24) is 14.8 Å². The first-order valence-electron chi connectivity index (χ1n) is 7.38. The zero-order valence-electron chi connectivity index (χ0n) is 13.2. The smallest absolute Gasteiger partial charge is 0.234 e. The Morgan fingerprint density at radius 2 is 2.08 bits per heavy atom. The number of para-hydroxylation sites is 1. The van der Waals surface area contributed by atoms with Gasteiger partial charge in [-0.3, -0.25) is 9.59 Å². The first kappa shape index (κ1) is 18.3. The number of amides is 2. The molecule has 0 radical (unpaired) electrons. The Labute approximate surface area is 149 Å². The van der Waals surface area contributed by atoms with Gasteiger partial charge in [0.15, 0.2) is 5.16 Å². The Kier molecular flexibility index (Phi) is 6.62. The molecule has 1 aromatic carbocycles. The molecule has 0 aliphatic heterocycles. The highest BCUT2D eigenvalue weighted by atomic mass is 35.5. The predicted molar refractivity (Wildman–Crippen MR) is 94.0 cm³/mol. The molecule has 1 aromatic heterocycles. The Balaban J connectivity index is 1.95. The fourth-order valence-corrected chi connectivity index (χ4v) is 3.05. The standard InChI is InChI=1S/C15H18ClN5O2S/c1-2-21-13(8-7-12(17)22)19-20-15(21)24-9-14(23)18-11-6-4-3-5-10(11)16/h3-6H,2,7-9H2,1H3,(H2,17,22)(H,18,23). The number of aromatic nitrogens is 3. The molecule has 0 fully saturated rings. The second kappa shape index (κ2) is 8.70. The second-order valence-electron chi connectivity index (χ2n) is 4.93. The minimum absolute atomic E-state index is 0.180. The maximum atomic E-state index is 12.1. The summed E-state index contributed by atoms with van der Waals surface area (Å²) in [6.45, 7) is 2.60. The van der Waals surface area contributed by atoms with Gasteiger partial charge in [-0.2, -0.15) is 0 Å². The maximum absolute atomic E-state index is 12.1. The van der Waals surface area contributed by atoms with Crippen molar-refractivity contribution in [3.8, 4) is 0 Å². The molecule has 0 atom stereocenters. The quantitative estimate of drug-likeness (QED) is 0.695. The maximum Gasteiger partial charge on any atom is 0.234 e. The van der Waals surface area contributed by atoms with Gasteiger partial charge in [0, 0.05) is 19.4 Å². The number of primary amides is 1. The van der Waals surface area contributed by atoms with Crippen LogP contribution >= 0.6 is 23.4 Å². The van der Waals surface area contributed by atoms with Gasteiger partial charge in [0.05, 0.1) is 16.5 Å². The van der Waals surface area contributed by atoms with E-state index in [1.54, 1.807) is 24.3 Å². The number of nitrogens with one attached hydrogen (secondary N) is 1. The molecule has 0 bridgehead atoms. The normalized spacial score (nSPS) is 10.6. The summed E-state index contributed by atoms with van der Waals surface area (Å²) in [5.41, 5.74) is 5.73. The van der Waals surface area contributed by atoms with Crippen molar-refractivity contribution in [3.63, 3.8) is 0 Å². The van der Waals surface area contributed by atoms with Crippen LogP contribution in [0.15, 0.2) is 29.4 Å². The van der Waals surface area contributed by atoms with Crippen molar-refractivity contribution in [1.29, 1.82) is 0 Å². The third-order valence-electron chi connectivity index (χ3n) is 3.18. The summed E-state index contributed by atoms with van der Waals surface area (Å²) >= 11 is 7.29. The highest BCUT2D eigenvalue weighted by Crippen LogP contribution is 2.22. The fraction of sp³-hybridized carbons (Fsp3) is 0.333. The first-order valence-corrected chi connectivity index (χ1v) is 8.75. The number of hydrogen-bond acceptors (Lipinski definition) is 5. The molecule has 2 rings (SSSR count). The number of halogens is 1. The van der Waals surface area contributed by atoms with E-state index in [4.69, 9.17) is 17.3 Å². The lowest BCUT2D eigenvalue weighted by atomic mass is 10.3. The monoisotopic (exact) mass is 367 g/mol. The molecule has 2 aromatic rings. The van der Waals surface area contributed by atoms with Crippen LogP contribution in [0.3, 0.4) is 0 Å². The van der Waals surface area contributed by atoms with Gasteiger partial charge in [-0.15, -0.1) is 10.2 Å². The van der Waals surface area contributed by atoms with E-state index in [0.29, 0.717) is 34.7 Å². The van der Waals surface area contributed by atoms with E-state index in [-0.39, 0.29) is 24.0 Å². The average molecular weight is 368 g/mol. The second-order valence-corrected chi connectivity index (χ2v) is 6.28. The minimum Gasteiger partial charge on any atom is -0.370 e. The van der Waals surface area contributed by atoms with Crippen LogP contribution in [0.4, 0.5) is 5.69 Å². The SMILES string of the molecule is CCn1c(CCC(N)=O)nnc1SCC(=O)Nc1ccccc1Cl. The largest absolute Gasteiger partial charge is 0.370 e. The van der Waals surface area contributed by atoms with E-state index >= 15 is 0 Å². The Morgan fingerprint density at radius 1 is 1.33 bits per heavy atom. The van der Waals surface area contributed by atoms with E-state index in [1.807, 2.05) is 11.5 Å². The van der Waals surface area contributed by atoms with E-state index in [2.05, 4.69) is 15.5 Å². The van der Waals surface area contributed by atoms with Crippen LogP contribution in [-0.2, 0) is 22.6 Å². The number of thioether (sulfide) groups is 1. The van der Waals surface area contributed by atoms with Crippen molar-refractivity contribution in [2.24, 2.45) is 5.73 Å². The number of benzene rings is 1. The van der Waals surface area contributed by atoms with Gasteiger partial charge in [-0.1, -0.05) is 35.5 Å². The molecule has 0 aliphatic carbocycles. The third kappa shape index (κ3) is 4.97. The Bertz CT molecular complexity index is 734. The minimum atomic E-state index is -0.381. The van der Waals surface area contributed by atoms with Crippen LogP contribution in [0.2, 0.25) is 5.02 Å². The first-order chi connectivity index (χ1) is 11.5. The van der Waals surface area contributed by atoms with E-state index in [1.165, 1.54) is 11.8 Å². The van der Waals surface area contributed by atoms with Gasteiger partial charge in [-0.25, -0.2) is 0 Å². The number of aryl methyl sites for hydroxylation is 1. The van der Waals surface area contributed by atoms with Crippen LogP contribution in [-0.4, -0.2) is 32.3 Å². The highest BCUT2D eigenvalue weighted by molar-refractivity contribution is 7.99. The molecule has 0 saturated carbocycles. The Morgan fingerprint density at radius 3 is 2.75 bits per heavy atom. The van der Waals surface area contributed by atoms with Crippen molar-refractivity contribution in [3.05, 3.63) is 35.1 Å². The summed E-state index contributed by atoms with van der Waals surface area (Å²) in [7, 11) is 0. The number of carbonyl (C=O) groups excluding carboxylic acids is 2. The molecule has 9 heteroatoms. The molecule has 2 amide bonds. The molecule has 7 nitrogen and oxygen atoms in total. The van der Waals surface area contributed by atoms with Crippen LogP contribution in [0, 0.1) is 0 Å². The number of nitrogens with two attached hydrogens (primary N) is 1. The van der Waals surface area contributed by atoms with E-state index in [9.17, 15) is 9.59 Å². The lowest BCUT2D eigenvalue weighted by molar-refractivity contribution is -0.118. The molecule has 128 valence electrons. The summed E-state index contributed by atoms with van der Waals surface area (Å²) in [6.07, 6.45) is 0.651. The van der Waals surface area contributed by atoms with Crippen LogP contribution < -0.4 is 11.1 Å². The number of anilines is 1. The topological polar surface area (TPSA) is 103 Å². The number of hydrogen-bond donors (Lipinski definition) is 2. The molecular formula is C15H18ClN5O2S. The van der Waals surface area contributed by atoms with Crippen molar-refractivity contribution in [2.45, 2.75) is 31.5 Å². The average Bonchev–Trinajstić information content (AvgIpc) is 2.95. The third-order valence-corrected chi connectivity index (χ3v) is 4.48. The van der Waals surface area contributed by atoms with E-state index < -0.39 is 0 Å². The molecule has 24 heavy (non-hydrogen) atoms. The Hall–Kier alpha value is -2.06. The zero-order chi connectivity index (χ0) is 17.5. The molecule has 0 spiro atoms. The summed E-state index contributed by atoms with van der Waals surface area (Å²) in [5, 5.41) is 12.0. The lowest BCUT2D eigenvalue weighted by Gasteiger charge is -2.08. The summed E-state index contributed by atoms with van der Waals surface area (Å²) < 4.78 is 1.87. The van der Waals surface area contributed by atoms with Gasteiger partial charge in [0.25, 0.3) is 0 Å². The van der Waals surface area contributed by atoms with Crippen molar-refractivity contribution in [2.75, 3.05) is 11.1 Å². The molecule has 1 heterocycles. The van der Waals surface area contributed by atoms with Crippen molar-refractivity contribution < 1.29 is 9.59 Å². The molecular weight excluding hydrogens is 350 g/mol. The summed E-state index contributed by atoms with van der Waals surface area (Å²) in [6, 6.07) is 7.04. The number of carbonyl (C=O) groups is 2. The van der Waals surface area contributed by atoms with Crippen molar-refractivity contribution >= 4 is 40.9 Å². The fourth-order valence-electron chi connectivity index (χ4n) is 2.04. The highest BCUT2D eigenvalue weighted by Gasteiger charge is 2.14. The number of nitrogens with zero attached hydrogens (tertiary/aromatic N) is 3.